The maximum Gasteiger partial charge on any atom is 0.338 e. The largest absolute Gasteiger partial charge is 0.493 e. The van der Waals surface area contributed by atoms with E-state index in [4.69, 9.17) is 14.2 Å². The molecule has 3 aromatic rings. The summed E-state index contributed by atoms with van der Waals surface area (Å²) in [6.45, 7) is 9.33. The summed E-state index contributed by atoms with van der Waals surface area (Å²) in [7, 11) is 1.46. The Hall–Kier alpha value is -4.33. The molecule has 3 N–H and O–H groups in total. The SMILES string of the molecule is CCOC(=O)C1=C(C)NC(=O)N[C@@H]1c1ccc(OCC(=O)N/N=C/c2cc(C)n(-c3ccc(I)c(C)c3)c2C)c(OC)c1. The number of urea groups is 1. The van der Waals surface area contributed by atoms with Crippen LogP contribution in [0.1, 0.15) is 48.0 Å². The second-order valence-corrected chi connectivity index (χ2v) is 11.0. The Labute approximate surface area is 263 Å². The molecule has 12 heteroatoms. The number of carbonyl (C=O) groups is 3. The lowest BCUT2D eigenvalue weighted by Crippen LogP contribution is -2.45. The molecule has 1 atom stereocenters. The van der Waals surface area contributed by atoms with Gasteiger partial charge in [-0.3, -0.25) is 4.79 Å². The summed E-state index contributed by atoms with van der Waals surface area (Å²) in [6.07, 6.45) is 1.61. The lowest BCUT2D eigenvalue weighted by molar-refractivity contribution is -0.139. The maximum absolute atomic E-state index is 12.6. The zero-order chi connectivity index (χ0) is 31.3. The number of esters is 1. The quantitative estimate of drug-likeness (QED) is 0.121. The van der Waals surface area contributed by atoms with Gasteiger partial charge in [0.2, 0.25) is 0 Å². The van der Waals surface area contributed by atoms with Gasteiger partial charge in [0.05, 0.1) is 31.5 Å². The van der Waals surface area contributed by atoms with Crippen molar-refractivity contribution in [2.45, 2.75) is 40.7 Å². The number of hydrogen-bond acceptors (Lipinski definition) is 7. The van der Waals surface area contributed by atoms with Gasteiger partial charge in [0.25, 0.3) is 5.91 Å². The molecule has 0 radical (unpaired) electrons. The molecule has 0 saturated carbocycles. The van der Waals surface area contributed by atoms with Crippen molar-refractivity contribution < 1.29 is 28.6 Å². The number of methoxy groups -OCH3 is 1. The summed E-state index contributed by atoms with van der Waals surface area (Å²) < 4.78 is 19.7. The van der Waals surface area contributed by atoms with Crippen LogP contribution in [0.25, 0.3) is 5.69 Å². The Bertz CT molecular complexity index is 1630. The van der Waals surface area contributed by atoms with Crippen LogP contribution in [0.15, 0.2) is 58.8 Å². The van der Waals surface area contributed by atoms with Crippen molar-refractivity contribution in [2.24, 2.45) is 5.10 Å². The zero-order valence-corrected chi connectivity index (χ0v) is 27.0. The number of carbonyl (C=O) groups excluding carboxylic acids is 3. The minimum Gasteiger partial charge on any atom is -0.493 e. The predicted molar refractivity (Wildman–Crippen MR) is 171 cm³/mol. The molecular weight excluding hydrogens is 665 g/mol. The van der Waals surface area contributed by atoms with E-state index in [-0.39, 0.29) is 18.8 Å². The van der Waals surface area contributed by atoms with Crippen LogP contribution in [0, 0.1) is 24.3 Å². The van der Waals surface area contributed by atoms with Gasteiger partial charge in [0.1, 0.15) is 0 Å². The number of nitrogens with one attached hydrogen (secondary N) is 3. The lowest BCUT2D eigenvalue weighted by Gasteiger charge is -2.28. The van der Waals surface area contributed by atoms with E-state index < -0.39 is 23.9 Å². The Morgan fingerprint density at radius 2 is 1.86 bits per heavy atom. The number of benzene rings is 2. The number of allylic oxidation sites excluding steroid dienone is 1. The molecule has 0 unspecified atom stereocenters. The van der Waals surface area contributed by atoms with Crippen LogP contribution in [0.4, 0.5) is 4.79 Å². The highest BCUT2D eigenvalue weighted by Crippen LogP contribution is 2.34. The molecule has 3 amide bonds. The molecular formula is C31H34IN5O6. The number of hydrogen-bond donors (Lipinski definition) is 3. The molecule has 0 spiro atoms. The minimum absolute atomic E-state index is 0.192. The van der Waals surface area contributed by atoms with Gasteiger partial charge in [-0.15, -0.1) is 0 Å². The van der Waals surface area contributed by atoms with Gasteiger partial charge < -0.3 is 29.4 Å². The van der Waals surface area contributed by atoms with Crippen LogP contribution < -0.4 is 25.5 Å². The molecule has 0 saturated heterocycles. The van der Waals surface area contributed by atoms with E-state index in [9.17, 15) is 14.4 Å². The highest BCUT2D eigenvalue weighted by molar-refractivity contribution is 14.1. The summed E-state index contributed by atoms with van der Waals surface area (Å²) in [5, 5.41) is 9.47. The average molecular weight is 700 g/mol. The number of hydrazone groups is 1. The van der Waals surface area contributed by atoms with Gasteiger partial charge in [-0.1, -0.05) is 6.07 Å². The summed E-state index contributed by atoms with van der Waals surface area (Å²) in [6, 6.07) is 12.0. The molecule has 2 heterocycles. The molecule has 1 aliphatic rings. The zero-order valence-electron chi connectivity index (χ0n) is 24.8. The number of rotatable bonds is 10. The standard InChI is InChI=1S/C31H34IN5O6/c1-7-42-30(39)28-19(4)34-31(40)35-29(28)21-8-11-25(26(14-21)41-6)43-16-27(38)36-33-15-22-13-18(3)37(20(22)5)23-9-10-24(32)17(2)12-23/h8-15,29H,7,16H2,1-6H3,(H,36,38)(H2,34,35,40)/b33-15+/t29-/m1/s1. The number of halogens is 1. The Morgan fingerprint density at radius 1 is 1.09 bits per heavy atom. The van der Waals surface area contributed by atoms with Crippen molar-refractivity contribution in [1.29, 1.82) is 0 Å². The molecule has 11 nitrogen and oxygen atoms in total. The number of aromatic nitrogens is 1. The first-order valence-corrected chi connectivity index (χ1v) is 14.6. The van der Waals surface area contributed by atoms with Crippen molar-refractivity contribution in [2.75, 3.05) is 20.3 Å². The van der Waals surface area contributed by atoms with E-state index >= 15 is 0 Å². The monoisotopic (exact) mass is 699 g/mol. The average Bonchev–Trinajstić information content (AvgIpc) is 3.25. The normalized spacial score (nSPS) is 14.8. The van der Waals surface area contributed by atoms with E-state index in [1.54, 1.807) is 38.3 Å². The number of amides is 3. The number of nitrogens with zero attached hydrogens (tertiary/aromatic N) is 2. The molecule has 1 aliphatic heterocycles. The summed E-state index contributed by atoms with van der Waals surface area (Å²) in [5.74, 6) is -0.375. The van der Waals surface area contributed by atoms with Crippen LogP contribution in [0.2, 0.25) is 0 Å². The molecule has 43 heavy (non-hydrogen) atoms. The maximum atomic E-state index is 12.6. The molecule has 0 fully saturated rings. The van der Waals surface area contributed by atoms with Gasteiger partial charge in [0.15, 0.2) is 18.1 Å². The first-order valence-electron chi connectivity index (χ1n) is 13.6. The van der Waals surface area contributed by atoms with Crippen molar-refractivity contribution in [1.82, 2.24) is 20.6 Å². The van der Waals surface area contributed by atoms with E-state index in [1.807, 2.05) is 19.9 Å². The summed E-state index contributed by atoms with van der Waals surface area (Å²) in [5.41, 5.74) is 8.95. The Balaban J connectivity index is 1.42. The second-order valence-electron chi connectivity index (χ2n) is 9.88. The van der Waals surface area contributed by atoms with Gasteiger partial charge in [-0.25, -0.2) is 15.0 Å². The third-order valence-electron chi connectivity index (χ3n) is 6.91. The highest BCUT2D eigenvalue weighted by Gasteiger charge is 2.32. The Morgan fingerprint density at radius 3 is 2.56 bits per heavy atom. The fourth-order valence-electron chi connectivity index (χ4n) is 4.84. The van der Waals surface area contributed by atoms with Crippen LogP contribution in [-0.2, 0) is 14.3 Å². The van der Waals surface area contributed by atoms with Gasteiger partial charge in [-0.2, -0.15) is 5.10 Å². The van der Waals surface area contributed by atoms with Crippen LogP contribution in [-0.4, -0.2) is 49.0 Å². The fourth-order valence-corrected chi connectivity index (χ4v) is 5.17. The topological polar surface area (TPSA) is 132 Å². The lowest BCUT2D eigenvalue weighted by atomic mass is 9.95. The summed E-state index contributed by atoms with van der Waals surface area (Å²) >= 11 is 2.32. The minimum atomic E-state index is -0.759. The molecule has 0 bridgehead atoms. The van der Waals surface area contributed by atoms with Crippen LogP contribution in [0.5, 0.6) is 11.5 Å². The molecule has 1 aromatic heterocycles. The van der Waals surface area contributed by atoms with E-state index in [2.05, 4.69) is 73.4 Å². The van der Waals surface area contributed by atoms with Gasteiger partial charge in [0, 0.05) is 31.9 Å². The van der Waals surface area contributed by atoms with Crippen molar-refractivity contribution in [3.63, 3.8) is 0 Å². The van der Waals surface area contributed by atoms with Crippen molar-refractivity contribution in [3.8, 4) is 17.2 Å². The second kappa shape index (κ2) is 13.8. The number of ether oxygens (including phenoxy) is 3. The summed E-state index contributed by atoms with van der Waals surface area (Å²) in [4.78, 5) is 37.3. The van der Waals surface area contributed by atoms with Crippen LogP contribution in [0.3, 0.4) is 0 Å². The van der Waals surface area contributed by atoms with Gasteiger partial charge >= 0.3 is 12.0 Å². The molecule has 0 aliphatic carbocycles. The van der Waals surface area contributed by atoms with Crippen molar-refractivity contribution in [3.05, 3.63) is 85.4 Å². The third kappa shape index (κ3) is 7.19. The van der Waals surface area contributed by atoms with E-state index in [0.29, 0.717) is 22.8 Å². The van der Waals surface area contributed by atoms with Gasteiger partial charge in [-0.05, 0) is 105 Å². The highest BCUT2D eigenvalue weighted by atomic mass is 127. The predicted octanol–water partition coefficient (Wildman–Crippen LogP) is 4.74. The molecule has 226 valence electrons. The molecule has 4 rings (SSSR count). The number of aryl methyl sites for hydroxylation is 2. The first-order chi connectivity index (χ1) is 20.5. The van der Waals surface area contributed by atoms with Crippen LogP contribution >= 0.6 is 22.6 Å². The smallest absolute Gasteiger partial charge is 0.338 e. The molecule has 2 aromatic carbocycles. The van der Waals surface area contributed by atoms with E-state index in [0.717, 1.165) is 22.6 Å². The fraction of sp³-hybridized carbons (Fsp3) is 0.290. The first kappa shape index (κ1) is 31.6. The Kier molecular flexibility index (Phi) is 10.1. The van der Waals surface area contributed by atoms with Crippen molar-refractivity contribution >= 4 is 46.7 Å². The third-order valence-corrected chi connectivity index (χ3v) is 8.12. The van der Waals surface area contributed by atoms with E-state index in [1.165, 1.54) is 16.2 Å².